The Kier molecular flexibility index (Phi) is 4.91. The van der Waals surface area contributed by atoms with E-state index in [0.717, 1.165) is 11.8 Å². The number of nitrogens with zero attached hydrogens (tertiary/aromatic N) is 2. The molecule has 1 aliphatic rings. The van der Waals surface area contributed by atoms with Crippen LogP contribution in [-0.2, 0) is 16.3 Å². The van der Waals surface area contributed by atoms with Crippen LogP contribution < -0.4 is 0 Å². The molecule has 1 aromatic carbocycles. The van der Waals surface area contributed by atoms with Crippen LogP contribution in [0, 0.1) is 17.6 Å². The maximum Gasteiger partial charge on any atom is 0.277 e. The molecule has 0 spiro atoms. The van der Waals surface area contributed by atoms with Crippen molar-refractivity contribution in [1.82, 2.24) is 10.2 Å². The second-order valence-electron chi connectivity index (χ2n) is 5.83. The molecule has 2 heterocycles. The molecule has 2 atom stereocenters. The predicted octanol–water partition coefficient (Wildman–Crippen LogP) is 3.18. The summed E-state index contributed by atoms with van der Waals surface area (Å²) in [6.45, 7) is 1.65. The molecule has 0 unspecified atom stereocenters. The number of hydrogen-bond acceptors (Lipinski definition) is 6. The normalized spacial score (nSPS) is 21.0. The summed E-state index contributed by atoms with van der Waals surface area (Å²) in [5, 5.41) is 7.44. The van der Waals surface area contributed by atoms with Crippen molar-refractivity contribution in [2.45, 2.75) is 30.2 Å². The van der Waals surface area contributed by atoms with Crippen LogP contribution in [0.5, 0.6) is 0 Å². The Balaban J connectivity index is 1.66. The van der Waals surface area contributed by atoms with E-state index >= 15 is 0 Å². The monoisotopic (exact) mass is 374 g/mol. The molecular weight excluding hydrogens is 358 g/mol. The van der Waals surface area contributed by atoms with E-state index in [-0.39, 0.29) is 28.2 Å². The highest BCUT2D eigenvalue weighted by molar-refractivity contribution is 7.99. The van der Waals surface area contributed by atoms with Crippen molar-refractivity contribution in [2.24, 2.45) is 5.92 Å². The maximum atomic E-state index is 13.8. The summed E-state index contributed by atoms with van der Waals surface area (Å²) in [5.41, 5.74) is -0.0378. The van der Waals surface area contributed by atoms with Gasteiger partial charge in [0, 0.05) is 17.2 Å². The van der Waals surface area contributed by atoms with Crippen molar-refractivity contribution >= 4 is 21.6 Å². The highest BCUT2D eigenvalue weighted by Crippen LogP contribution is 2.36. The molecule has 2 aromatic rings. The number of benzene rings is 1. The van der Waals surface area contributed by atoms with E-state index in [1.807, 2.05) is 0 Å². The van der Waals surface area contributed by atoms with Gasteiger partial charge in [0.15, 0.2) is 9.84 Å². The van der Waals surface area contributed by atoms with E-state index < -0.39 is 26.7 Å². The van der Waals surface area contributed by atoms with Gasteiger partial charge in [0.1, 0.15) is 11.6 Å². The van der Waals surface area contributed by atoms with Crippen LogP contribution in [0.1, 0.15) is 30.0 Å². The fourth-order valence-corrected chi connectivity index (χ4v) is 5.50. The predicted molar refractivity (Wildman–Crippen MR) is 85.4 cm³/mol. The molecule has 1 aliphatic heterocycles. The summed E-state index contributed by atoms with van der Waals surface area (Å²) in [4.78, 5) is 0. The van der Waals surface area contributed by atoms with Crippen molar-refractivity contribution < 1.29 is 21.6 Å². The lowest BCUT2D eigenvalue weighted by atomic mass is 10.1. The fraction of sp³-hybridized carbons (Fsp3) is 0.467. The molecule has 5 nitrogen and oxygen atoms in total. The van der Waals surface area contributed by atoms with Gasteiger partial charge >= 0.3 is 0 Å². The van der Waals surface area contributed by atoms with Gasteiger partial charge in [-0.2, -0.15) is 0 Å². The van der Waals surface area contributed by atoms with Gasteiger partial charge in [-0.05, 0) is 31.4 Å². The SMILES string of the molecule is C[C@H](Sc1nnc(C[C@@H]2CCS(=O)(=O)C2)o1)c1c(F)cccc1F. The molecular formula is C15H16F2N2O3S2. The molecule has 24 heavy (non-hydrogen) atoms. The molecule has 1 aromatic heterocycles. The van der Waals surface area contributed by atoms with Gasteiger partial charge in [-0.1, -0.05) is 17.8 Å². The first-order chi connectivity index (χ1) is 11.3. The lowest BCUT2D eigenvalue weighted by molar-refractivity contribution is 0.388. The van der Waals surface area contributed by atoms with Crippen LogP contribution in [0.4, 0.5) is 8.78 Å². The van der Waals surface area contributed by atoms with Gasteiger partial charge in [0.25, 0.3) is 5.22 Å². The number of sulfone groups is 1. The average molecular weight is 374 g/mol. The Hall–Kier alpha value is -1.48. The summed E-state index contributed by atoms with van der Waals surface area (Å²) in [7, 11) is -2.95. The Labute approximate surface area is 142 Å². The molecule has 0 bridgehead atoms. The number of aromatic nitrogens is 2. The lowest BCUT2D eigenvalue weighted by Crippen LogP contribution is -2.07. The molecule has 0 saturated carbocycles. The zero-order valence-corrected chi connectivity index (χ0v) is 14.5. The molecule has 9 heteroatoms. The van der Waals surface area contributed by atoms with Gasteiger partial charge in [-0.15, -0.1) is 10.2 Å². The Bertz CT molecular complexity index is 819. The van der Waals surface area contributed by atoms with Crippen LogP contribution in [-0.4, -0.2) is 30.1 Å². The molecule has 3 rings (SSSR count). The third-order valence-corrected chi connectivity index (χ3v) is 6.72. The molecule has 130 valence electrons. The minimum atomic E-state index is -2.95. The maximum absolute atomic E-state index is 13.8. The standard InChI is InChI=1S/C15H16F2N2O3S2/c1-9(14-11(16)3-2-4-12(14)17)23-15-19-18-13(22-15)7-10-5-6-24(20,21)8-10/h2-4,9-10H,5-8H2,1H3/t9-,10-/m0/s1. The lowest BCUT2D eigenvalue weighted by Gasteiger charge is -2.10. The molecule has 1 saturated heterocycles. The van der Waals surface area contributed by atoms with E-state index in [9.17, 15) is 17.2 Å². The molecule has 0 N–H and O–H groups in total. The third kappa shape index (κ3) is 3.94. The number of hydrogen-bond donors (Lipinski definition) is 0. The highest BCUT2D eigenvalue weighted by atomic mass is 32.2. The van der Waals surface area contributed by atoms with E-state index in [0.29, 0.717) is 18.7 Å². The zero-order chi connectivity index (χ0) is 17.3. The van der Waals surface area contributed by atoms with Gasteiger partial charge in [0.2, 0.25) is 5.89 Å². The van der Waals surface area contributed by atoms with E-state index in [4.69, 9.17) is 4.42 Å². The van der Waals surface area contributed by atoms with Crippen molar-refractivity contribution in [2.75, 3.05) is 11.5 Å². The summed E-state index contributed by atoms with van der Waals surface area (Å²) >= 11 is 1.07. The van der Waals surface area contributed by atoms with Crippen LogP contribution in [0.25, 0.3) is 0 Å². The molecule has 1 fully saturated rings. The first kappa shape index (κ1) is 17.3. The van der Waals surface area contributed by atoms with E-state index in [1.165, 1.54) is 18.2 Å². The second kappa shape index (κ2) is 6.79. The van der Waals surface area contributed by atoms with Gasteiger partial charge < -0.3 is 4.42 Å². The third-order valence-electron chi connectivity index (χ3n) is 3.92. The number of halogens is 2. The minimum absolute atomic E-state index is 0.0188. The molecule has 0 radical (unpaired) electrons. The molecule has 0 amide bonds. The van der Waals surface area contributed by atoms with Gasteiger partial charge in [-0.3, -0.25) is 0 Å². The van der Waals surface area contributed by atoms with Crippen molar-refractivity contribution in [1.29, 1.82) is 0 Å². The van der Waals surface area contributed by atoms with Crippen molar-refractivity contribution in [3.05, 3.63) is 41.3 Å². The number of rotatable bonds is 5. The first-order valence-corrected chi connectivity index (χ1v) is 10.2. The van der Waals surface area contributed by atoms with Crippen molar-refractivity contribution in [3.8, 4) is 0 Å². The van der Waals surface area contributed by atoms with Crippen LogP contribution in [0.2, 0.25) is 0 Å². The van der Waals surface area contributed by atoms with Gasteiger partial charge in [0.05, 0.1) is 11.5 Å². The highest BCUT2D eigenvalue weighted by Gasteiger charge is 2.29. The largest absolute Gasteiger partial charge is 0.416 e. The van der Waals surface area contributed by atoms with Crippen LogP contribution >= 0.6 is 11.8 Å². The molecule has 0 aliphatic carbocycles. The Morgan fingerprint density at radius 1 is 1.33 bits per heavy atom. The quantitative estimate of drug-likeness (QED) is 0.749. The second-order valence-corrected chi connectivity index (χ2v) is 9.35. The first-order valence-electron chi connectivity index (χ1n) is 7.47. The van der Waals surface area contributed by atoms with Crippen LogP contribution in [0.3, 0.4) is 0 Å². The fourth-order valence-electron chi connectivity index (χ4n) is 2.76. The van der Waals surface area contributed by atoms with E-state index in [1.54, 1.807) is 6.92 Å². The average Bonchev–Trinajstić information content (AvgIpc) is 3.05. The zero-order valence-electron chi connectivity index (χ0n) is 12.9. The van der Waals surface area contributed by atoms with Crippen molar-refractivity contribution in [3.63, 3.8) is 0 Å². The summed E-state index contributed by atoms with van der Waals surface area (Å²) < 4.78 is 56.0. The number of thioether (sulfide) groups is 1. The topological polar surface area (TPSA) is 73.1 Å². The van der Waals surface area contributed by atoms with Crippen LogP contribution in [0.15, 0.2) is 27.8 Å². The summed E-state index contributed by atoms with van der Waals surface area (Å²) in [5.74, 6) is -0.585. The Morgan fingerprint density at radius 2 is 2.04 bits per heavy atom. The van der Waals surface area contributed by atoms with Gasteiger partial charge in [-0.25, -0.2) is 17.2 Å². The van der Waals surface area contributed by atoms with E-state index in [2.05, 4.69) is 10.2 Å². The smallest absolute Gasteiger partial charge is 0.277 e. The minimum Gasteiger partial charge on any atom is -0.416 e. The Morgan fingerprint density at radius 3 is 2.67 bits per heavy atom. The summed E-state index contributed by atoms with van der Waals surface area (Å²) in [6.07, 6.45) is 0.985. The summed E-state index contributed by atoms with van der Waals surface area (Å²) in [6, 6.07) is 3.72.